The van der Waals surface area contributed by atoms with E-state index in [4.69, 9.17) is 5.73 Å². The smallest absolute Gasteiger partial charge is 0.0297 e. The molecule has 0 spiro atoms. The van der Waals surface area contributed by atoms with Gasteiger partial charge in [-0.3, -0.25) is 0 Å². The van der Waals surface area contributed by atoms with Crippen molar-refractivity contribution in [3.05, 3.63) is 35.4 Å². The van der Waals surface area contributed by atoms with E-state index in [0.717, 1.165) is 6.42 Å². The van der Waals surface area contributed by atoms with Gasteiger partial charge in [0.2, 0.25) is 0 Å². The van der Waals surface area contributed by atoms with Gasteiger partial charge in [-0.25, -0.2) is 0 Å². The summed E-state index contributed by atoms with van der Waals surface area (Å²) in [5.41, 5.74) is 8.82. The van der Waals surface area contributed by atoms with Gasteiger partial charge in [-0.05, 0) is 29.4 Å². The van der Waals surface area contributed by atoms with E-state index in [1.807, 2.05) is 0 Å². The van der Waals surface area contributed by atoms with Crippen molar-refractivity contribution in [3.63, 3.8) is 0 Å². The number of halogens is 1. The minimum Gasteiger partial charge on any atom is -0.324 e. The summed E-state index contributed by atoms with van der Waals surface area (Å²) in [7, 11) is 0. The quantitative estimate of drug-likeness (QED) is 0.837. The summed E-state index contributed by atoms with van der Waals surface area (Å²) in [4.78, 5) is 0. The Bertz CT molecular complexity index is 307. The highest BCUT2D eigenvalue weighted by atomic mass is 35.5. The average molecular weight is 242 g/mol. The zero-order chi connectivity index (χ0) is 11.4. The lowest BCUT2D eigenvalue weighted by Crippen LogP contribution is -2.13. The first-order valence-corrected chi connectivity index (χ1v) is 5.86. The van der Waals surface area contributed by atoms with Gasteiger partial charge in [0, 0.05) is 6.04 Å². The first kappa shape index (κ1) is 15.5. The van der Waals surface area contributed by atoms with Crippen molar-refractivity contribution in [2.75, 3.05) is 0 Å². The maximum atomic E-state index is 6.16. The molecule has 16 heavy (non-hydrogen) atoms. The molecule has 2 N–H and O–H groups in total. The molecule has 0 unspecified atom stereocenters. The second-order valence-corrected chi connectivity index (χ2v) is 5.06. The molecule has 0 radical (unpaired) electrons. The summed E-state index contributed by atoms with van der Waals surface area (Å²) in [6.07, 6.45) is 1.06. The molecule has 0 fully saturated rings. The minimum absolute atomic E-state index is 0. The van der Waals surface area contributed by atoms with Crippen LogP contribution in [0.5, 0.6) is 0 Å². The number of benzene rings is 1. The Hall–Kier alpha value is -0.530. The first-order chi connectivity index (χ1) is 7.00. The van der Waals surface area contributed by atoms with Crippen molar-refractivity contribution in [3.8, 4) is 0 Å². The summed E-state index contributed by atoms with van der Waals surface area (Å²) < 4.78 is 0. The van der Waals surface area contributed by atoms with Crippen LogP contribution in [0.15, 0.2) is 24.3 Å². The van der Waals surface area contributed by atoms with Gasteiger partial charge in [-0.15, -0.1) is 12.4 Å². The Balaban J connectivity index is 0.00000225. The highest BCUT2D eigenvalue weighted by Gasteiger charge is 2.09. The molecule has 0 saturated heterocycles. The molecule has 2 heteroatoms. The fourth-order valence-corrected chi connectivity index (χ4v) is 1.79. The maximum absolute atomic E-state index is 6.16. The lowest BCUT2D eigenvalue weighted by atomic mass is 9.94. The molecule has 0 aliphatic rings. The SMILES string of the molecule is CC(C)C[C@H](N)c1cccc(C(C)C)c1.Cl. The second-order valence-electron chi connectivity index (χ2n) is 5.06. The van der Waals surface area contributed by atoms with E-state index >= 15 is 0 Å². The molecular formula is C14H24ClN. The minimum atomic E-state index is 0. The van der Waals surface area contributed by atoms with E-state index in [0.29, 0.717) is 11.8 Å². The van der Waals surface area contributed by atoms with Crippen LogP contribution >= 0.6 is 12.4 Å². The lowest BCUT2D eigenvalue weighted by molar-refractivity contribution is 0.509. The van der Waals surface area contributed by atoms with Crippen LogP contribution in [0, 0.1) is 5.92 Å². The molecule has 1 rings (SSSR count). The Kier molecular flexibility index (Phi) is 6.70. The molecule has 0 aromatic heterocycles. The zero-order valence-corrected chi connectivity index (χ0v) is 11.6. The molecule has 0 saturated carbocycles. The highest BCUT2D eigenvalue weighted by molar-refractivity contribution is 5.85. The Labute approximate surface area is 106 Å². The summed E-state index contributed by atoms with van der Waals surface area (Å²) >= 11 is 0. The third-order valence-corrected chi connectivity index (χ3v) is 2.73. The largest absolute Gasteiger partial charge is 0.324 e. The van der Waals surface area contributed by atoms with Crippen molar-refractivity contribution in [1.82, 2.24) is 0 Å². The zero-order valence-electron chi connectivity index (χ0n) is 10.7. The first-order valence-electron chi connectivity index (χ1n) is 5.86. The molecule has 0 aliphatic carbocycles. The van der Waals surface area contributed by atoms with Crippen molar-refractivity contribution in [2.24, 2.45) is 11.7 Å². The van der Waals surface area contributed by atoms with Gasteiger partial charge in [0.15, 0.2) is 0 Å². The molecule has 1 aromatic carbocycles. The molecule has 0 aliphatic heterocycles. The third-order valence-electron chi connectivity index (χ3n) is 2.73. The number of hydrogen-bond acceptors (Lipinski definition) is 1. The molecule has 0 heterocycles. The van der Waals surface area contributed by atoms with Gasteiger partial charge < -0.3 is 5.73 Å². The summed E-state index contributed by atoms with van der Waals surface area (Å²) in [5, 5.41) is 0. The number of hydrogen-bond donors (Lipinski definition) is 1. The van der Waals surface area contributed by atoms with Crippen LogP contribution in [0.25, 0.3) is 0 Å². The Morgan fingerprint density at radius 2 is 1.62 bits per heavy atom. The maximum Gasteiger partial charge on any atom is 0.0297 e. The van der Waals surface area contributed by atoms with Crippen molar-refractivity contribution >= 4 is 12.4 Å². The van der Waals surface area contributed by atoms with E-state index in [-0.39, 0.29) is 18.4 Å². The summed E-state index contributed by atoms with van der Waals surface area (Å²) in [5.74, 6) is 1.24. The molecule has 1 atom stereocenters. The molecular weight excluding hydrogens is 218 g/mol. The standard InChI is InChI=1S/C14H23N.ClH/c1-10(2)8-14(15)13-7-5-6-12(9-13)11(3)4;/h5-7,9-11,14H,8,15H2,1-4H3;1H/t14-;/m0./s1. The van der Waals surface area contributed by atoms with Gasteiger partial charge in [0.25, 0.3) is 0 Å². The van der Waals surface area contributed by atoms with Crippen LogP contribution < -0.4 is 5.73 Å². The Morgan fingerprint density at radius 1 is 1.06 bits per heavy atom. The van der Waals surface area contributed by atoms with Crippen molar-refractivity contribution in [2.45, 2.75) is 46.1 Å². The van der Waals surface area contributed by atoms with Gasteiger partial charge in [-0.1, -0.05) is 52.0 Å². The van der Waals surface area contributed by atoms with E-state index in [1.54, 1.807) is 0 Å². The van der Waals surface area contributed by atoms with E-state index < -0.39 is 0 Å². The summed E-state index contributed by atoms with van der Waals surface area (Å²) in [6.45, 7) is 8.86. The van der Waals surface area contributed by atoms with E-state index in [2.05, 4.69) is 52.0 Å². The molecule has 1 nitrogen and oxygen atoms in total. The van der Waals surface area contributed by atoms with Crippen LogP contribution in [0.1, 0.15) is 57.2 Å². The Morgan fingerprint density at radius 3 is 2.12 bits per heavy atom. The summed E-state index contributed by atoms with van der Waals surface area (Å²) in [6, 6.07) is 8.86. The van der Waals surface area contributed by atoms with Crippen LogP contribution in [-0.2, 0) is 0 Å². The predicted octanol–water partition coefficient (Wildman–Crippen LogP) is 4.28. The van der Waals surface area contributed by atoms with E-state index in [9.17, 15) is 0 Å². The normalized spacial score (nSPS) is 12.7. The van der Waals surface area contributed by atoms with Crippen LogP contribution in [0.2, 0.25) is 0 Å². The van der Waals surface area contributed by atoms with Gasteiger partial charge in [-0.2, -0.15) is 0 Å². The number of rotatable bonds is 4. The fourth-order valence-electron chi connectivity index (χ4n) is 1.79. The monoisotopic (exact) mass is 241 g/mol. The van der Waals surface area contributed by atoms with Crippen LogP contribution in [0.3, 0.4) is 0 Å². The fraction of sp³-hybridized carbons (Fsp3) is 0.571. The van der Waals surface area contributed by atoms with Crippen LogP contribution in [0.4, 0.5) is 0 Å². The molecule has 92 valence electrons. The lowest BCUT2D eigenvalue weighted by Gasteiger charge is -2.16. The average Bonchev–Trinajstić information content (AvgIpc) is 2.17. The number of nitrogens with two attached hydrogens (primary N) is 1. The van der Waals surface area contributed by atoms with Gasteiger partial charge in [0.05, 0.1) is 0 Å². The van der Waals surface area contributed by atoms with E-state index in [1.165, 1.54) is 11.1 Å². The predicted molar refractivity (Wildman–Crippen MR) is 74.2 cm³/mol. The van der Waals surface area contributed by atoms with Gasteiger partial charge >= 0.3 is 0 Å². The highest BCUT2D eigenvalue weighted by Crippen LogP contribution is 2.22. The van der Waals surface area contributed by atoms with Crippen molar-refractivity contribution in [1.29, 1.82) is 0 Å². The third kappa shape index (κ3) is 4.54. The van der Waals surface area contributed by atoms with Crippen LogP contribution in [-0.4, -0.2) is 0 Å². The second kappa shape index (κ2) is 6.93. The molecule has 0 amide bonds. The van der Waals surface area contributed by atoms with Gasteiger partial charge in [0.1, 0.15) is 0 Å². The van der Waals surface area contributed by atoms with Crippen molar-refractivity contribution < 1.29 is 0 Å². The topological polar surface area (TPSA) is 26.0 Å². The molecule has 1 aromatic rings. The molecule has 0 bridgehead atoms.